The molecular formula is C28H27NO5. The normalized spacial score (nSPS) is 17.4. The van der Waals surface area contributed by atoms with Crippen molar-refractivity contribution in [2.45, 2.75) is 39.8 Å². The minimum atomic E-state index is -0.902. The van der Waals surface area contributed by atoms with Gasteiger partial charge in [0.1, 0.15) is 17.3 Å². The molecule has 34 heavy (non-hydrogen) atoms. The molecule has 1 heterocycles. The maximum Gasteiger partial charge on any atom is 0.300 e. The summed E-state index contributed by atoms with van der Waals surface area (Å²) in [6.45, 7) is 7.72. The molecule has 1 fully saturated rings. The first-order valence-corrected chi connectivity index (χ1v) is 11.1. The van der Waals surface area contributed by atoms with E-state index in [-0.39, 0.29) is 23.2 Å². The van der Waals surface area contributed by atoms with Gasteiger partial charge in [-0.25, -0.2) is 0 Å². The predicted molar refractivity (Wildman–Crippen MR) is 131 cm³/mol. The Bertz CT molecular complexity index is 1290. The van der Waals surface area contributed by atoms with Gasteiger partial charge in [0.25, 0.3) is 11.7 Å². The molecule has 0 saturated carbocycles. The number of ketones is 1. The van der Waals surface area contributed by atoms with E-state index in [2.05, 4.69) is 0 Å². The third-order valence-corrected chi connectivity index (χ3v) is 5.90. The quantitative estimate of drug-likeness (QED) is 0.303. The Labute approximate surface area is 198 Å². The number of phenolic OH excluding ortho intramolecular Hbond substituents is 1. The summed E-state index contributed by atoms with van der Waals surface area (Å²) in [5, 5.41) is 21.3. The number of benzene rings is 3. The number of carbonyl (C=O) groups excluding carboxylic acids is 2. The van der Waals surface area contributed by atoms with E-state index in [4.69, 9.17) is 4.74 Å². The number of amides is 1. The van der Waals surface area contributed by atoms with Crippen molar-refractivity contribution in [2.75, 3.05) is 4.90 Å². The number of aryl methyl sites for hydroxylation is 2. The van der Waals surface area contributed by atoms with Crippen LogP contribution in [0.2, 0.25) is 0 Å². The molecule has 1 unspecified atom stereocenters. The van der Waals surface area contributed by atoms with Crippen molar-refractivity contribution in [1.82, 2.24) is 0 Å². The summed E-state index contributed by atoms with van der Waals surface area (Å²) in [5.74, 6) is -1.18. The number of nitrogens with zero attached hydrogens (tertiary/aromatic N) is 1. The lowest BCUT2D eigenvalue weighted by Crippen LogP contribution is -2.29. The molecule has 0 spiro atoms. The highest BCUT2D eigenvalue weighted by Crippen LogP contribution is 2.43. The number of rotatable bonds is 5. The molecule has 2 N–H and O–H groups in total. The summed E-state index contributed by atoms with van der Waals surface area (Å²) in [6.07, 6.45) is -0.00602. The van der Waals surface area contributed by atoms with E-state index in [0.717, 1.165) is 11.1 Å². The van der Waals surface area contributed by atoms with E-state index < -0.39 is 17.7 Å². The van der Waals surface area contributed by atoms with Crippen LogP contribution in [0, 0.1) is 13.8 Å². The summed E-state index contributed by atoms with van der Waals surface area (Å²) in [5.41, 5.74) is 3.43. The van der Waals surface area contributed by atoms with Crippen molar-refractivity contribution in [3.8, 4) is 11.5 Å². The number of phenols is 1. The Morgan fingerprint density at radius 3 is 2.26 bits per heavy atom. The standard InChI is InChI=1S/C28H27NO5/c1-16(2)34-23-12-9-19(10-13-23)26(31)24-25(20-6-5-7-22(30)15-20)29(28(33)27(24)32)21-11-8-17(3)18(4)14-21/h5-16,25,30-31H,1-4H3/b26-24+. The van der Waals surface area contributed by atoms with E-state index in [1.165, 1.54) is 17.0 Å². The van der Waals surface area contributed by atoms with Crippen molar-refractivity contribution >= 4 is 23.1 Å². The first-order chi connectivity index (χ1) is 16.2. The minimum Gasteiger partial charge on any atom is -0.508 e. The average molecular weight is 458 g/mol. The van der Waals surface area contributed by atoms with Crippen molar-refractivity contribution in [2.24, 2.45) is 0 Å². The van der Waals surface area contributed by atoms with Crippen LogP contribution < -0.4 is 9.64 Å². The SMILES string of the molecule is Cc1ccc(N2C(=O)C(=O)/C(=C(/O)c3ccc(OC(C)C)cc3)C2c2cccc(O)c2)cc1C. The Kier molecular flexibility index (Phi) is 6.16. The van der Waals surface area contributed by atoms with Crippen LogP contribution in [-0.4, -0.2) is 28.0 Å². The maximum absolute atomic E-state index is 13.2. The first-order valence-electron chi connectivity index (χ1n) is 11.1. The van der Waals surface area contributed by atoms with Gasteiger partial charge >= 0.3 is 0 Å². The Morgan fingerprint density at radius 1 is 0.941 bits per heavy atom. The largest absolute Gasteiger partial charge is 0.508 e. The second kappa shape index (κ2) is 9.06. The second-order valence-electron chi connectivity index (χ2n) is 8.72. The van der Waals surface area contributed by atoms with Gasteiger partial charge in [0.15, 0.2) is 0 Å². The molecule has 0 bridgehead atoms. The van der Waals surface area contributed by atoms with Crippen LogP contribution in [0.3, 0.4) is 0 Å². The Hall–Kier alpha value is -4.06. The first kappa shape index (κ1) is 23.1. The topological polar surface area (TPSA) is 87.1 Å². The predicted octanol–water partition coefficient (Wildman–Crippen LogP) is 5.42. The van der Waals surface area contributed by atoms with E-state index in [1.54, 1.807) is 42.5 Å². The van der Waals surface area contributed by atoms with Crippen LogP contribution in [0.1, 0.15) is 42.1 Å². The fourth-order valence-corrected chi connectivity index (χ4v) is 4.10. The third kappa shape index (κ3) is 4.27. The summed E-state index contributed by atoms with van der Waals surface area (Å²) >= 11 is 0. The van der Waals surface area contributed by atoms with Gasteiger partial charge in [-0.1, -0.05) is 18.2 Å². The van der Waals surface area contributed by atoms with E-state index in [1.807, 2.05) is 39.8 Å². The number of Topliss-reactive ketones (excluding diaryl/α,β-unsaturated/α-hetero) is 1. The van der Waals surface area contributed by atoms with Gasteiger partial charge in [0, 0.05) is 11.3 Å². The smallest absolute Gasteiger partial charge is 0.300 e. The van der Waals surface area contributed by atoms with Gasteiger partial charge in [-0.2, -0.15) is 0 Å². The number of aliphatic hydroxyl groups excluding tert-OH is 1. The van der Waals surface area contributed by atoms with Crippen molar-refractivity contribution < 1.29 is 24.5 Å². The Morgan fingerprint density at radius 2 is 1.65 bits per heavy atom. The molecule has 0 radical (unpaired) electrons. The molecule has 1 aliphatic rings. The van der Waals surface area contributed by atoms with Gasteiger partial charge in [0.2, 0.25) is 0 Å². The molecule has 6 heteroatoms. The molecule has 3 aromatic rings. The van der Waals surface area contributed by atoms with Crippen LogP contribution >= 0.6 is 0 Å². The van der Waals surface area contributed by atoms with Crippen molar-refractivity contribution in [1.29, 1.82) is 0 Å². The zero-order chi connectivity index (χ0) is 24.6. The van der Waals surface area contributed by atoms with Gasteiger partial charge in [-0.3, -0.25) is 14.5 Å². The number of hydrogen-bond acceptors (Lipinski definition) is 5. The highest BCUT2D eigenvalue weighted by Gasteiger charge is 2.47. The molecule has 6 nitrogen and oxygen atoms in total. The number of hydrogen-bond donors (Lipinski definition) is 2. The molecule has 1 atom stereocenters. The lowest BCUT2D eigenvalue weighted by atomic mass is 9.94. The molecule has 1 amide bonds. The van der Waals surface area contributed by atoms with Crippen molar-refractivity contribution in [3.05, 3.63) is 94.6 Å². The molecule has 0 aromatic heterocycles. The molecule has 3 aromatic carbocycles. The van der Waals surface area contributed by atoms with E-state index in [0.29, 0.717) is 22.6 Å². The summed E-state index contributed by atoms with van der Waals surface area (Å²) in [4.78, 5) is 27.9. The van der Waals surface area contributed by atoms with E-state index >= 15 is 0 Å². The average Bonchev–Trinajstić information content (AvgIpc) is 3.06. The molecule has 0 aliphatic carbocycles. The van der Waals surface area contributed by atoms with Crippen LogP contribution in [0.15, 0.2) is 72.3 Å². The maximum atomic E-state index is 13.2. The summed E-state index contributed by atoms with van der Waals surface area (Å²) in [7, 11) is 0. The number of carbonyl (C=O) groups is 2. The summed E-state index contributed by atoms with van der Waals surface area (Å²) in [6, 6.07) is 17.7. The van der Waals surface area contributed by atoms with Gasteiger partial charge < -0.3 is 14.9 Å². The fourth-order valence-electron chi connectivity index (χ4n) is 4.10. The number of ether oxygens (including phenoxy) is 1. The summed E-state index contributed by atoms with van der Waals surface area (Å²) < 4.78 is 5.66. The monoisotopic (exact) mass is 457 g/mol. The third-order valence-electron chi connectivity index (χ3n) is 5.90. The zero-order valence-corrected chi connectivity index (χ0v) is 19.6. The fraction of sp³-hybridized carbons (Fsp3) is 0.214. The highest BCUT2D eigenvalue weighted by atomic mass is 16.5. The van der Waals surface area contributed by atoms with E-state index in [9.17, 15) is 19.8 Å². The van der Waals surface area contributed by atoms with Crippen LogP contribution in [0.5, 0.6) is 11.5 Å². The zero-order valence-electron chi connectivity index (χ0n) is 19.6. The second-order valence-corrected chi connectivity index (χ2v) is 8.72. The van der Waals surface area contributed by atoms with Crippen LogP contribution in [-0.2, 0) is 9.59 Å². The van der Waals surface area contributed by atoms with Crippen LogP contribution in [0.25, 0.3) is 5.76 Å². The highest BCUT2D eigenvalue weighted by molar-refractivity contribution is 6.51. The lowest BCUT2D eigenvalue weighted by Gasteiger charge is -2.26. The number of aromatic hydroxyl groups is 1. The number of anilines is 1. The van der Waals surface area contributed by atoms with Gasteiger partial charge in [0.05, 0.1) is 17.7 Å². The van der Waals surface area contributed by atoms with Gasteiger partial charge in [-0.15, -0.1) is 0 Å². The minimum absolute atomic E-state index is 0.00152. The molecule has 174 valence electrons. The van der Waals surface area contributed by atoms with Crippen LogP contribution in [0.4, 0.5) is 5.69 Å². The van der Waals surface area contributed by atoms with Crippen molar-refractivity contribution in [3.63, 3.8) is 0 Å². The molecule has 1 saturated heterocycles. The lowest BCUT2D eigenvalue weighted by molar-refractivity contribution is -0.132. The molecular weight excluding hydrogens is 430 g/mol. The Balaban J connectivity index is 1.88. The van der Waals surface area contributed by atoms with Gasteiger partial charge in [-0.05, 0) is 92.9 Å². The molecule has 4 rings (SSSR count). The molecule has 1 aliphatic heterocycles. The number of aliphatic hydroxyl groups is 1.